The molecule has 1 atom stereocenters. The summed E-state index contributed by atoms with van der Waals surface area (Å²) in [5.74, 6) is 0.0967. The number of allylic oxidation sites excluding steroid dienone is 1. The van der Waals surface area contributed by atoms with Gasteiger partial charge < -0.3 is 10.2 Å². The molecule has 0 bridgehead atoms. The smallest absolute Gasteiger partial charge is 0.119 e. The van der Waals surface area contributed by atoms with Gasteiger partial charge in [-0.3, -0.25) is 0 Å². The molecule has 0 aliphatic heterocycles. The van der Waals surface area contributed by atoms with Gasteiger partial charge in [0.05, 0.1) is 0 Å². The lowest BCUT2D eigenvalue weighted by Crippen LogP contribution is -2.11. The van der Waals surface area contributed by atoms with Gasteiger partial charge in [0.1, 0.15) is 11.9 Å². The Hall–Kier alpha value is -0.0200. The van der Waals surface area contributed by atoms with E-state index in [2.05, 4.69) is 15.9 Å². The Morgan fingerprint density at radius 3 is 2.30 bits per heavy atom. The third-order valence-electron chi connectivity index (χ3n) is 1.21. The normalized spacial score (nSPS) is 12.8. The molecule has 0 saturated carbocycles. The monoisotopic (exact) mass is 208 g/mol. The maximum absolute atomic E-state index is 9.15. The minimum atomic E-state index is -0.704. The Bertz CT molecular complexity index is 128. The number of aliphatic hydroxyl groups is 2. The van der Waals surface area contributed by atoms with Gasteiger partial charge in [0, 0.05) is 5.33 Å². The summed E-state index contributed by atoms with van der Waals surface area (Å²) in [6, 6.07) is 0. The van der Waals surface area contributed by atoms with E-state index in [4.69, 9.17) is 10.2 Å². The summed E-state index contributed by atoms with van der Waals surface area (Å²) in [5.41, 5.74) is 0.772. The molecule has 2 N–H and O–H groups in total. The van der Waals surface area contributed by atoms with Crippen LogP contribution in [0.2, 0.25) is 0 Å². The molecule has 0 saturated heterocycles. The molecule has 0 rings (SSSR count). The number of rotatable bonds is 3. The maximum atomic E-state index is 9.15. The molecule has 0 aliphatic carbocycles. The molecule has 0 aliphatic rings. The minimum Gasteiger partial charge on any atom is -0.510 e. The Morgan fingerprint density at radius 1 is 1.50 bits per heavy atom. The van der Waals surface area contributed by atoms with Gasteiger partial charge in [0.15, 0.2) is 0 Å². The summed E-state index contributed by atoms with van der Waals surface area (Å²) in [4.78, 5) is 0. The first-order valence-corrected chi connectivity index (χ1v) is 4.32. The van der Waals surface area contributed by atoms with Crippen molar-refractivity contribution in [3.63, 3.8) is 0 Å². The van der Waals surface area contributed by atoms with E-state index in [0.29, 0.717) is 11.8 Å². The molecule has 0 fully saturated rings. The maximum Gasteiger partial charge on any atom is 0.119 e. The highest BCUT2D eigenvalue weighted by Crippen LogP contribution is 2.08. The number of hydrogen-bond donors (Lipinski definition) is 2. The first kappa shape index (κ1) is 9.98. The molecule has 3 heteroatoms. The van der Waals surface area contributed by atoms with E-state index >= 15 is 0 Å². The van der Waals surface area contributed by atoms with Crippen LogP contribution in [0.1, 0.15) is 20.3 Å². The molecule has 0 spiro atoms. The van der Waals surface area contributed by atoms with Gasteiger partial charge in [0.25, 0.3) is 0 Å². The second-order valence-electron chi connectivity index (χ2n) is 2.38. The largest absolute Gasteiger partial charge is 0.510 e. The van der Waals surface area contributed by atoms with Crippen molar-refractivity contribution < 1.29 is 10.2 Å². The lowest BCUT2D eigenvalue weighted by atomic mass is 10.1. The van der Waals surface area contributed by atoms with Crippen molar-refractivity contribution in [3.05, 3.63) is 11.3 Å². The standard InChI is InChI=1S/C7H13BrO2/c1-5(2)7(10)6(9)3-4-8/h6,9-10H,3-4H2,1-2H3. The Kier molecular flexibility index (Phi) is 4.73. The number of hydrogen-bond acceptors (Lipinski definition) is 2. The summed E-state index contributed by atoms with van der Waals surface area (Å²) in [6.07, 6.45) is -0.152. The van der Waals surface area contributed by atoms with Crippen molar-refractivity contribution in [1.82, 2.24) is 0 Å². The molecule has 0 aromatic rings. The van der Waals surface area contributed by atoms with Crippen LogP contribution in [-0.2, 0) is 0 Å². The van der Waals surface area contributed by atoms with Crippen LogP contribution in [0.5, 0.6) is 0 Å². The lowest BCUT2D eigenvalue weighted by Gasteiger charge is -2.08. The first-order valence-electron chi connectivity index (χ1n) is 3.20. The van der Waals surface area contributed by atoms with Crippen LogP contribution in [0.4, 0.5) is 0 Å². The predicted molar refractivity (Wildman–Crippen MR) is 45.4 cm³/mol. The zero-order chi connectivity index (χ0) is 8.15. The molecule has 60 valence electrons. The fraction of sp³-hybridized carbons (Fsp3) is 0.714. The van der Waals surface area contributed by atoms with Gasteiger partial charge in [0.2, 0.25) is 0 Å². The van der Waals surface area contributed by atoms with Gasteiger partial charge in [-0.2, -0.15) is 0 Å². The second kappa shape index (κ2) is 4.74. The second-order valence-corrected chi connectivity index (χ2v) is 3.17. The zero-order valence-corrected chi connectivity index (χ0v) is 7.85. The van der Waals surface area contributed by atoms with Crippen molar-refractivity contribution in [2.24, 2.45) is 0 Å². The molecule has 0 heterocycles. The number of aliphatic hydroxyl groups excluding tert-OH is 2. The molecule has 1 unspecified atom stereocenters. The van der Waals surface area contributed by atoms with Gasteiger partial charge >= 0.3 is 0 Å². The summed E-state index contributed by atoms with van der Waals surface area (Å²) in [5, 5.41) is 19.0. The summed E-state index contributed by atoms with van der Waals surface area (Å²) < 4.78 is 0. The topological polar surface area (TPSA) is 40.5 Å². The molecule has 0 aromatic carbocycles. The van der Waals surface area contributed by atoms with Gasteiger partial charge in [-0.1, -0.05) is 15.9 Å². The van der Waals surface area contributed by atoms with Crippen molar-refractivity contribution in [1.29, 1.82) is 0 Å². The van der Waals surface area contributed by atoms with E-state index in [0.717, 1.165) is 5.57 Å². The Morgan fingerprint density at radius 2 is 2.00 bits per heavy atom. The average Bonchev–Trinajstić information content (AvgIpc) is 1.87. The van der Waals surface area contributed by atoms with Gasteiger partial charge in [-0.15, -0.1) is 0 Å². The molecule has 10 heavy (non-hydrogen) atoms. The lowest BCUT2D eigenvalue weighted by molar-refractivity contribution is 0.148. The molecular weight excluding hydrogens is 196 g/mol. The zero-order valence-electron chi connectivity index (χ0n) is 6.26. The van der Waals surface area contributed by atoms with Crippen LogP contribution in [0.15, 0.2) is 11.3 Å². The average molecular weight is 209 g/mol. The van der Waals surface area contributed by atoms with Crippen molar-refractivity contribution in [2.75, 3.05) is 5.33 Å². The number of alkyl halides is 1. The van der Waals surface area contributed by atoms with Crippen LogP contribution in [-0.4, -0.2) is 21.6 Å². The molecule has 0 amide bonds. The fourth-order valence-corrected chi connectivity index (χ4v) is 1.01. The SMILES string of the molecule is CC(C)=C(O)C(O)CCBr. The molecule has 0 radical (unpaired) electrons. The quantitative estimate of drug-likeness (QED) is 0.551. The third kappa shape index (κ3) is 3.22. The van der Waals surface area contributed by atoms with Gasteiger partial charge in [-0.25, -0.2) is 0 Å². The predicted octanol–water partition coefficient (Wildman–Crippen LogP) is 1.98. The third-order valence-corrected chi connectivity index (χ3v) is 1.67. The van der Waals surface area contributed by atoms with Crippen LogP contribution in [0.3, 0.4) is 0 Å². The van der Waals surface area contributed by atoms with E-state index in [-0.39, 0.29) is 5.76 Å². The first-order chi connectivity index (χ1) is 4.59. The highest BCUT2D eigenvalue weighted by atomic mass is 79.9. The minimum absolute atomic E-state index is 0.0967. The number of halogens is 1. The Labute approximate surface area is 69.7 Å². The molecule has 2 nitrogen and oxygen atoms in total. The van der Waals surface area contributed by atoms with E-state index < -0.39 is 6.10 Å². The van der Waals surface area contributed by atoms with Crippen molar-refractivity contribution in [3.8, 4) is 0 Å². The van der Waals surface area contributed by atoms with Gasteiger partial charge in [-0.05, 0) is 25.8 Å². The summed E-state index contributed by atoms with van der Waals surface area (Å²) in [6.45, 7) is 3.54. The highest BCUT2D eigenvalue weighted by molar-refractivity contribution is 9.09. The molecular formula is C7H13BrO2. The van der Waals surface area contributed by atoms with Crippen LogP contribution in [0.25, 0.3) is 0 Å². The van der Waals surface area contributed by atoms with E-state index in [1.807, 2.05) is 0 Å². The van der Waals surface area contributed by atoms with Crippen molar-refractivity contribution >= 4 is 15.9 Å². The summed E-state index contributed by atoms with van der Waals surface area (Å²) in [7, 11) is 0. The van der Waals surface area contributed by atoms with Crippen LogP contribution >= 0.6 is 15.9 Å². The van der Waals surface area contributed by atoms with E-state index in [1.165, 1.54) is 0 Å². The van der Waals surface area contributed by atoms with E-state index in [1.54, 1.807) is 13.8 Å². The Balaban J connectivity index is 3.94. The summed E-state index contributed by atoms with van der Waals surface area (Å²) >= 11 is 3.17. The van der Waals surface area contributed by atoms with E-state index in [9.17, 15) is 0 Å². The highest BCUT2D eigenvalue weighted by Gasteiger charge is 2.08. The molecule has 0 aromatic heterocycles. The van der Waals surface area contributed by atoms with Crippen LogP contribution in [0, 0.1) is 0 Å². The van der Waals surface area contributed by atoms with Crippen molar-refractivity contribution in [2.45, 2.75) is 26.4 Å². The van der Waals surface area contributed by atoms with Crippen LogP contribution < -0.4 is 0 Å². The fourth-order valence-electron chi connectivity index (χ4n) is 0.573.